The van der Waals surface area contributed by atoms with E-state index in [1.807, 2.05) is 9.82 Å². The van der Waals surface area contributed by atoms with Gasteiger partial charge < -0.3 is 15.5 Å². The van der Waals surface area contributed by atoms with Crippen LogP contribution < -0.4 is 5.73 Å². The van der Waals surface area contributed by atoms with Gasteiger partial charge in [0.15, 0.2) is 46.5 Å². The molecule has 0 fully saturated rings. The Balaban J connectivity index is 2.46. The van der Waals surface area contributed by atoms with Gasteiger partial charge in [0.25, 0.3) is 11.8 Å². The highest BCUT2D eigenvalue weighted by Gasteiger charge is 2.37. The van der Waals surface area contributed by atoms with Crippen molar-refractivity contribution in [1.29, 1.82) is 0 Å². The molecule has 0 aliphatic heterocycles. The standard InChI is InChI=1S/C19H13F8N9O2/c1-4(35(2)18(37)5-7(20)11(24)15(31-33-29)12(25)8(5)21)17(28)36(3)19(38)6-9(22)13(26)16(32-34-30)14(27)10(6)23/h4,17H,28H2,1-3H3. The Bertz CT molecular complexity index is 1270. The molecule has 38 heavy (non-hydrogen) atoms. The normalized spacial score (nSPS) is 12.2. The lowest BCUT2D eigenvalue weighted by atomic mass is 10.1. The Labute approximate surface area is 206 Å². The third-order valence-corrected chi connectivity index (χ3v) is 5.39. The molecule has 2 aromatic rings. The summed E-state index contributed by atoms with van der Waals surface area (Å²) in [6, 6.07) is -1.54. The summed E-state index contributed by atoms with van der Waals surface area (Å²) < 4.78 is 114. The van der Waals surface area contributed by atoms with Gasteiger partial charge in [-0.05, 0) is 18.0 Å². The van der Waals surface area contributed by atoms with Crippen LogP contribution in [0, 0.1) is 46.5 Å². The Morgan fingerprint density at radius 2 is 0.974 bits per heavy atom. The number of hydrogen-bond donors (Lipinski definition) is 1. The van der Waals surface area contributed by atoms with E-state index >= 15 is 0 Å². The van der Waals surface area contributed by atoms with Gasteiger partial charge >= 0.3 is 0 Å². The number of nitrogens with zero attached hydrogens (tertiary/aromatic N) is 8. The molecule has 0 saturated carbocycles. The molecule has 0 bridgehead atoms. The van der Waals surface area contributed by atoms with E-state index in [0.717, 1.165) is 21.0 Å². The second-order valence-electron chi connectivity index (χ2n) is 7.40. The molecule has 0 aliphatic rings. The molecule has 202 valence electrons. The number of hydrogen-bond acceptors (Lipinski definition) is 5. The van der Waals surface area contributed by atoms with Crippen LogP contribution in [0.3, 0.4) is 0 Å². The van der Waals surface area contributed by atoms with Gasteiger partial charge in [-0.25, -0.2) is 35.1 Å². The topological polar surface area (TPSA) is 164 Å². The number of benzene rings is 2. The maximum Gasteiger partial charge on any atom is 0.261 e. The second kappa shape index (κ2) is 11.2. The molecule has 0 aromatic heterocycles. The predicted molar refractivity (Wildman–Crippen MR) is 112 cm³/mol. The Kier molecular flexibility index (Phi) is 8.73. The highest BCUT2D eigenvalue weighted by Crippen LogP contribution is 2.33. The molecule has 19 heteroatoms. The van der Waals surface area contributed by atoms with Crippen molar-refractivity contribution in [1.82, 2.24) is 9.80 Å². The van der Waals surface area contributed by atoms with Crippen LogP contribution in [0.25, 0.3) is 20.9 Å². The van der Waals surface area contributed by atoms with Crippen molar-refractivity contribution in [3.63, 3.8) is 0 Å². The van der Waals surface area contributed by atoms with Gasteiger partial charge in [-0.2, -0.15) is 0 Å². The highest BCUT2D eigenvalue weighted by atomic mass is 19.2. The minimum atomic E-state index is -2.25. The molecular formula is C19H13F8N9O2. The number of azide groups is 2. The molecule has 2 amide bonds. The molecule has 11 nitrogen and oxygen atoms in total. The van der Waals surface area contributed by atoms with Crippen molar-refractivity contribution in [2.24, 2.45) is 16.0 Å². The Morgan fingerprint density at radius 3 is 1.26 bits per heavy atom. The second-order valence-corrected chi connectivity index (χ2v) is 7.40. The molecular weight excluding hydrogens is 538 g/mol. The largest absolute Gasteiger partial charge is 0.335 e. The zero-order valence-corrected chi connectivity index (χ0v) is 19.1. The third-order valence-electron chi connectivity index (χ3n) is 5.39. The number of carbonyl (C=O) groups excluding carboxylic acids is 2. The first-order valence-electron chi connectivity index (χ1n) is 9.77. The summed E-state index contributed by atoms with van der Waals surface area (Å²) in [7, 11) is 1.59. The lowest BCUT2D eigenvalue weighted by Crippen LogP contribution is -2.56. The summed E-state index contributed by atoms with van der Waals surface area (Å²) in [5.74, 6) is -21.3. The summed E-state index contributed by atoms with van der Waals surface area (Å²) in [6.45, 7) is 1.03. The number of carbonyl (C=O) groups is 2. The van der Waals surface area contributed by atoms with Crippen LogP contribution in [0.5, 0.6) is 0 Å². The Hall–Kier alpha value is -4.60. The first-order chi connectivity index (χ1) is 17.6. The molecule has 2 rings (SSSR count). The average molecular weight is 551 g/mol. The molecule has 0 saturated heterocycles. The zero-order valence-electron chi connectivity index (χ0n) is 19.1. The van der Waals surface area contributed by atoms with Gasteiger partial charge in [-0.3, -0.25) is 9.59 Å². The van der Waals surface area contributed by atoms with Crippen LogP contribution in [-0.2, 0) is 0 Å². The van der Waals surface area contributed by atoms with Gasteiger partial charge in [0.05, 0.1) is 6.04 Å². The van der Waals surface area contributed by atoms with E-state index < -0.39 is 93.1 Å². The third kappa shape index (κ3) is 4.84. The number of nitrogens with two attached hydrogens (primary N) is 1. The maximum absolute atomic E-state index is 14.4. The average Bonchev–Trinajstić information content (AvgIpc) is 2.89. The molecule has 2 atom stereocenters. The molecule has 2 unspecified atom stereocenters. The smallest absolute Gasteiger partial charge is 0.261 e. The van der Waals surface area contributed by atoms with E-state index in [0.29, 0.717) is 9.80 Å². The summed E-state index contributed by atoms with van der Waals surface area (Å²) >= 11 is 0. The summed E-state index contributed by atoms with van der Waals surface area (Å²) in [6.07, 6.45) is -1.82. The number of halogens is 8. The van der Waals surface area contributed by atoms with Gasteiger partial charge in [0, 0.05) is 23.9 Å². The van der Waals surface area contributed by atoms with E-state index in [4.69, 9.17) is 16.8 Å². The summed E-state index contributed by atoms with van der Waals surface area (Å²) in [4.78, 5) is 30.0. The van der Waals surface area contributed by atoms with Crippen LogP contribution >= 0.6 is 0 Å². The highest BCUT2D eigenvalue weighted by molar-refractivity contribution is 5.96. The lowest BCUT2D eigenvalue weighted by molar-refractivity contribution is 0.0527. The van der Waals surface area contributed by atoms with Crippen LogP contribution in [0.15, 0.2) is 10.2 Å². The van der Waals surface area contributed by atoms with Crippen molar-refractivity contribution in [3.05, 3.63) is 78.6 Å². The first kappa shape index (κ1) is 29.6. The zero-order chi connectivity index (χ0) is 29.2. The van der Waals surface area contributed by atoms with Crippen molar-refractivity contribution in [2.45, 2.75) is 19.1 Å². The minimum absolute atomic E-state index is 0.292. The fraction of sp³-hybridized carbons (Fsp3) is 0.263. The maximum atomic E-state index is 14.4. The number of likely N-dealkylation sites (N-methyl/N-ethyl adjacent to an activating group) is 2. The predicted octanol–water partition coefficient (Wildman–Crippen LogP) is 5.20. The van der Waals surface area contributed by atoms with Crippen molar-refractivity contribution in [2.75, 3.05) is 14.1 Å². The number of rotatable bonds is 7. The van der Waals surface area contributed by atoms with Gasteiger partial charge in [0.1, 0.15) is 28.7 Å². The van der Waals surface area contributed by atoms with E-state index in [-0.39, 0.29) is 0 Å². The van der Waals surface area contributed by atoms with Gasteiger partial charge in [-0.1, -0.05) is 10.2 Å². The lowest BCUT2D eigenvalue weighted by Gasteiger charge is -2.35. The number of amides is 2. The minimum Gasteiger partial charge on any atom is -0.335 e. The van der Waals surface area contributed by atoms with E-state index in [1.165, 1.54) is 0 Å². The van der Waals surface area contributed by atoms with Crippen LogP contribution in [0.2, 0.25) is 0 Å². The molecule has 0 aliphatic carbocycles. The van der Waals surface area contributed by atoms with E-state index in [9.17, 15) is 44.7 Å². The fourth-order valence-corrected chi connectivity index (χ4v) is 3.11. The molecule has 2 N–H and O–H groups in total. The van der Waals surface area contributed by atoms with Gasteiger partial charge in [-0.15, -0.1) is 0 Å². The van der Waals surface area contributed by atoms with E-state index in [2.05, 4.69) is 10.2 Å². The quantitative estimate of drug-likeness (QED) is 0.125. The van der Waals surface area contributed by atoms with Crippen molar-refractivity contribution < 1.29 is 44.7 Å². The van der Waals surface area contributed by atoms with E-state index in [1.54, 1.807) is 0 Å². The fourth-order valence-electron chi connectivity index (χ4n) is 3.11. The van der Waals surface area contributed by atoms with Crippen LogP contribution in [0.4, 0.5) is 46.5 Å². The Morgan fingerprint density at radius 1 is 0.684 bits per heavy atom. The van der Waals surface area contributed by atoms with Crippen molar-refractivity contribution in [3.8, 4) is 0 Å². The van der Waals surface area contributed by atoms with Crippen LogP contribution in [0.1, 0.15) is 27.6 Å². The molecule has 0 heterocycles. The molecule has 2 aromatic carbocycles. The first-order valence-corrected chi connectivity index (χ1v) is 9.77. The summed E-state index contributed by atoms with van der Waals surface area (Å²) in [5, 5.41) is 4.94. The van der Waals surface area contributed by atoms with Crippen LogP contribution in [-0.4, -0.2) is 47.9 Å². The molecule has 0 spiro atoms. The summed E-state index contributed by atoms with van der Waals surface area (Å²) in [5.41, 5.74) is 15.4. The molecule has 0 radical (unpaired) electrons. The van der Waals surface area contributed by atoms with Gasteiger partial charge in [0.2, 0.25) is 0 Å². The SMILES string of the molecule is CC(C(N)N(C)C(=O)c1c(F)c(F)c(N=[N+]=[N-])c(F)c1F)N(C)C(=O)c1c(F)c(F)c(N=[N+]=[N-])c(F)c1F. The monoisotopic (exact) mass is 551 g/mol. The van der Waals surface area contributed by atoms with Crippen molar-refractivity contribution >= 4 is 23.2 Å².